The molecular weight excluding hydrogens is 435 g/mol. The van der Waals surface area contributed by atoms with Crippen molar-refractivity contribution in [1.82, 2.24) is 4.98 Å². The Kier molecular flexibility index (Phi) is 6.20. The average molecular weight is 453 g/mol. The summed E-state index contributed by atoms with van der Waals surface area (Å²) in [5.41, 5.74) is 3.71. The lowest BCUT2D eigenvalue weighted by atomic mass is 10.0. The van der Waals surface area contributed by atoms with Gasteiger partial charge in [0.2, 0.25) is 0 Å². The standard InChI is InChI=1S/C23H17FN2O3S2/c1-29-20-12-17(14-2-4-16(5-3-14)23(27)28)8-11-19(20)26-31-21-13-30-22(25-21)15-6-9-18(24)10-7-15/h2-13,26H,1H3,(H,27,28). The highest BCUT2D eigenvalue weighted by Crippen LogP contribution is 2.35. The topological polar surface area (TPSA) is 71.5 Å². The largest absolute Gasteiger partial charge is 0.495 e. The van der Waals surface area contributed by atoms with Crippen molar-refractivity contribution in [3.63, 3.8) is 0 Å². The molecule has 0 aliphatic rings. The summed E-state index contributed by atoms with van der Waals surface area (Å²) in [5.74, 6) is -0.573. The number of aromatic carboxylic acids is 1. The second kappa shape index (κ2) is 9.20. The van der Waals surface area contributed by atoms with Gasteiger partial charge in [0.05, 0.1) is 18.4 Å². The van der Waals surface area contributed by atoms with Crippen LogP contribution in [0, 0.1) is 5.82 Å². The molecule has 2 N–H and O–H groups in total. The number of thiazole rings is 1. The Bertz CT molecular complexity index is 1210. The minimum absolute atomic E-state index is 0.244. The fraction of sp³-hybridized carbons (Fsp3) is 0.0435. The van der Waals surface area contributed by atoms with Gasteiger partial charge in [-0.25, -0.2) is 14.2 Å². The maximum absolute atomic E-state index is 13.1. The van der Waals surface area contributed by atoms with Crippen LogP contribution in [0.2, 0.25) is 0 Å². The fourth-order valence-corrected chi connectivity index (χ4v) is 4.50. The quantitative estimate of drug-likeness (QED) is 0.314. The van der Waals surface area contributed by atoms with Gasteiger partial charge in [0, 0.05) is 22.9 Å². The van der Waals surface area contributed by atoms with Crippen LogP contribution in [0.4, 0.5) is 10.1 Å². The van der Waals surface area contributed by atoms with Crippen LogP contribution in [0.25, 0.3) is 21.7 Å². The molecule has 0 aliphatic heterocycles. The lowest BCUT2D eigenvalue weighted by molar-refractivity contribution is 0.0697. The number of nitrogens with zero attached hydrogens (tertiary/aromatic N) is 1. The third-order valence-electron chi connectivity index (χ3n) is 4.51. The van der Waals surface area contributed by atoms with Crippen molar-refractivity contribution in [1.29, 1.82) is 0 Å². The zero-order valence-corrected chi connectivity index (χ0v) is 18.0. The minimum atomic E-state index is -0.953. The van der Waals surface area contributed by atoms with Gasteiger partial charge in [0.15, 0.2) is 0 Å². The smallest absolute Gasteiger partial charge is 0.335 e. The molecule has 156 valence electrons. The summed E-state index contributed by atoms with van der Waals surface area (Å²) in [6.07, 6.45) is 0. The summed E-state index contributed by atoms with van der Waals surface area (Å²) in [6, 6.07) is 18.7. The van der Waals surface area contributed by atoms with Gasteiger partial charge in [-0.3, -0.25) is 0 Å². The minimum Gasteiger partial charge on any atom is -0.495 e. The van der Waals surface area contributed by atoms with Crippen LogP contribution >= 0.6 is 23.3 Å². The van der Waals surface area contributed by atoms with E-state index < -0.39 is 5.97 Å². The number of benzene rings is 3. The first-order valence-electron chi connectivity index (χ1n) is 9.19. The first kappa shape index (κ1) is 20.9. The van der Waals surface area contributed by atoms with Crippen molar-refractivity contribution in [2.24, 2.45) is 0 Å². The Morgan fingerprint density at radius 3 is 2.39 bits per heavy atom. The van der Waals surface area contributed by atoms with Crippen molar-refractivity contribution in [2.45, 2.75) is 5.03 Å². The third-order valence-corrected chi connectivity index (χ3v) is 6.29. The summed E-state index contributed by atoms with van der Waals surface area (Å²) >= 11 is 2.85. The van der Waals surface area contributed by atoms with E-state index in [2.05, 4.69) is 9.71 Å². The van der Waals surface area contributed by atoms with Gasteiger partial charge in [-0.05, 0) is 59.7 Å². The molecule has 4 aromatic rings. The highest BCUT2D eigenvalue weighted by Gasteiger charge is 2.10. The van der Waals surface area contributed by atoms with Gasteiger partial charge in [0.1, 0.15) is 21.6 Å². The SMILES string of the molecule is COc1cc(-c2ccc(C(=O)O)cc2)ccc1NSc1csc(-c2ccc(F)cc2)n1. The Morgan fingerprint density at radius 1 is 1.03 bits per heavy atom. The van der Waals surface area contributed by atoms with E-state index in [0.717, 1.165) is 32.4 Å². The van der Waals surface area contributed by atoms with Crippen LogP contribution in [0.15, 0.2) is 77.1 Å². The van der Waals surface area contributed by atoms with Crippen molar-refractivity contribution >= 4 is 34.9 Å². The molecule has 0 saturated heterocycles. The van der Waals surface area contributed by atoms with E-state index in [0.29, 0.717) is 5.75 Å². The fourth-order valence-electron chi connectivity index (χ4n) is 2.90. The number of ether oxygens (including phenoxy) is 1. The molecule has 0 aliphatic carbocycles. The summed E-state index contributed by atoms with van der Waals surface area (Å²) < 4.78 is 21.9. The summed E-state index contributed by atoms with van der Waals surface area (Å²) in [5, 5.41) is 12.6. The molecule has 0 bridgehead atoms. The van der Waals surface area contributed by atoms with Gasteiger partial charge < -0.3 is 14.6 Å². The number of nitrogens with one attached hydrogen (secondary N) is 1. The van der Waals surface area contributed by atoms with Crippen molar-refractivity contribution in [2.75, 3.05) is 11.8 Å². The molecule has 1 aromatic heterocycles. The van der Waals surface area contributed by atoms with Crippen LogP contribution in [-0.4, -0.2) is 23.2 Å². The highest BCUT2D eigenvalue weighted by atomic mass is 32.2. The maximum atomic E-state index is 13.1. The molecule has 0 saturated carbocycles. The van der Waals surface area contributed by atoms with Crippen LogP contribution in [0.1, 0.15) is 10.4 Å². The van der Waals surface area contributed by atoms with Crippen LogP contribution in [-0.2, 0) is 0 Å². The van der Waals surface area contributed by atoms with Gasteiger partial charge >= 0.3 is 5.97 Å². The number of rotatable bonds is 7. The second-order valence-electron chi connectivity index (χ2n) is 6.50. The number of carbonyl (C=O) groups is 1. The van der Waals surface area contributed by atoms with Crippen LogP contribution in [0.5, 0.6) is 5.75 Å². The number of hydrogen-bond acceptors (Lipinski definition) is 6. The average Bonchev–Trinajstić information content (AvgIpc) is 3.27. The van der Waals surface area contributed by atoms with E-state index in [1.54, 1.807) is 43.5 Å². The molecule has 5 nitrogen and oxygen atoms in total. The number of aromatic nitrogens is 1. The lowest BCUT2D eigenvalue weighted by Gasteiger charge is -2.12. The first-order valence-corrected chi connectivity index (χ1v) is 10.9. The van der Waals surface area contributed by atoms with Gasteiger partial charge in [-0.15, -0.1) is 11.3 Å². The number of anilines is 1. The monoisotopic (exact) mass is 452 g/mol. The molecule has 0 unspecified atom stereocenters. The number of hydrogen-bond donors (Lipinski definition) is 2. The maximum Gasteiger partial charge on any atom is 0.335 e. The molecule has 31 heavy (non-hydrogen) atoms. The van der Waals surface area contributed by atoms with E-state index in [4.69, 9.17) is 9.84 Å². The van der Waals surface area contributed by atoms with E-state index in [1.807, 2.05) is 23.6 Å². The van der Waals surface area contributed by atoms with E-state index in [1.165, 1.54) is 35.4 Å². The zero-order valence-electron chi connectivity index (χ0n) is 16.3. The second-order valence-corrected chi connectivity index (χ2v) is 8.18. The number of carboxylic acids is 1. The van der Waals surface area contributed by atoms with Gasteiger partial charge in [0.25, 0.3) is 0 Å². The highest BCUT2D eigenvalue weighted by molar-refractivity contribution is 8.00. The molecule has 0 radical (unpaired) electrons. The van der Waals surface area contributed by atoms with Crippen LogP contribution < -0.4 is 9.46 Å². The summed E-state index contributed by atoms with van der Waals surface area (Å²) in [4.78, 5) is 15.6. The predicted molar refractivity (Wildman–Crippen MR) is 122 cm³/mol. The van der Waals surface area contributed by atoms with E-state index >= 15 is 0 Å². The van der Waals surface area contributed by atoms with Crippen molar-refractivity contribution < 1.29 is 19.0 Å². The molecule has 1 heterocycles. The summed E-state index contributed by atoms with van der Waals surface area (Å²) in [7, 11) is 1.60. The molecule has 0 amide bonds. The molecular formula is C23H17FN2O3S2. The Morgan fingerprint density at radius 2 is 1.71 bits per heavy atom. The Balaban J connectivity index is 1.48. The molecule has 0 spiro atoms. The predicted octanol–water partition coefficient (Wildman–Crippen LogP) is 6.44. The number of halogens is 1. The third kappa shape index (κ3) is 4.87. The first-order chi connectivity index (χ1) is 15.0. The van der Waals surface area contributed by atoms with E-state index in [-0.39, 0.29) is 11.4 Å². The number of carboxylic acid groups (broad SMARTS) is 1. The normalized spacial score (nSPS) is 10.6. The molecule has 0 fully saturated rings. The van der Waals surface area contributed by atoms with E-state index in [9.17, 15) is 9.18 Å². The Labute approximate surface area is 186 Å². The molecule has 4 rings (SSSR count). The molecule has 8 heteroatoms. The molecule has 3 aromatic carbocycles. The number of methoxy groups -OCH3 is 1. The summed E-state index contributed by atoms with van der Waals surface area (Å²) in [6.45, 7) is 0. The van der Waals surface area contributed by atoms with Crippen molar-refractivity contribution in [3.05, 3.63) is 83.5 Å². The lowest BCUT2D eigenvalue weighted by Crippen LogP contribution is -1.95. The van der Waals surface area contributed by atoms with Crippen LogP contribution in [0.3, 0.4) is 0 Å². The Hall–Kier alpha value is -3.36. The van der Waals surface area contributed by atoms with Crippen molar-refractivity contribution in [3.8, 4) is 27.4 Å². The molecule has 0 atom stereocenters. The van der Waals surface area contributed by atoms with Gasteiger partial charge in [-0.1, -0.05) is 18.2 Å². The zero-order chi connectivity index (χ0) is 21.8. The van der Waals surface area contributed by atoms with Gasteiger partial charge in [-0.2, -0.15) is 0 Å².